The van der Waals surface area contributed by atoms with Crippen LogP contribution in [0.25, 0.3) is 0 Å². The van der Waals surface area contributed by atoms with Crippen LogP contribution in [0.15, 0.2) is 12.1 Å². The second-order valence-electron chi connectivity index (χ2n) is 4.04. The first-order valence-corrected chi connectivity index (χ1v) is 6.37. The zero-order chi connectivity index (χ0) is 10.9. The van der Waals surface area contributed by atoms with E-state index in [4.69, 9.17) is 16.3 Å². The Kier molecular flexibility index (Phi) is 3.36. The fourth-order valence-corrected chi connectivity index (χ4v) is 3.46. The van der Waals surface area contributed by atoms with E-state index in [1.807, 2.05) is 6.07 Å². The predicted molar refractivity (Wildman–Crippen MR) is 62.7 cm³/mol. The summed E-state index contributed by atoms with van der Waals surface area (Å²) in [7, 11) is 0. The SMILES string of the molecule is CCC(CO)C1(c2ccc(Cl)s2)COC1. The van der Waals surface area contributed by atoms with Crippen molar-refractivity contribution in [2.45, 2.75) is 18.8 Å². The first-order chi connectivity index (χ1) is 7.23. The number of rotatable bonds is 4. The monoisotopic (exact) mass is 246 g/mol. The quantitative estimate of drug-likeness (QED) is 0.885. The van der Waals surface area contributed by atoms with Crippen LogP contribution in [0.2, 0.25) is 4.34 Å². The summed E-state index contributed by atoms with van der Waals surface area (Å²) in [5.41, 5.74) is 0.0152. The van der Waals surface area contributed by atoms with Gasteiger partial charge in [-0.25, -0.2) is 0 Å². The summed E-state index contributed by atoms with van der Waals surface area (Å²) in [4.78, 5) is 1.25. The van der Waals surface area contributed by atoms with Gasteiger partial charge < -0.3 is 9.84 Å². The fourth-order valence-electron chi connectivity index (χ4n) is 2.18. The first kappa shape index (κ1) is 11.4. The van der Waals surface area contributed by atoms with Crippen molar-refractivity contribution in [3.8, 4) is 0 Å². The van der Waals surface area contributed by atoms with E-state index in [9.17, 15) is 5.11 Å². The second-order valence-corrected chi connectivity index (χ2v) is 5.76. The van der Waals surface area contributed by atoms with Crippen molar-refractivity contribution < 1.29 is 9.84 Å². The lowest BCUT2D eigenvalue weighted by atomic mass is 9.71. The van der Waals surface area contributed by atoms with Crippen LogP contribution in [0.4, 0.5) is 0 Å². The van der Waals surface area contributed by atoms with E-state index in [1.54, 1.807) is 11.3 Å². The summed E-state index contributed by atoms with van der Waals surface area (Å²) in [6.07, 6.45) is 0.968. The third-order valence-electron chi connectivity index (χ3n) is 3.28. The third kappa shape index (κ3) is 1.82. The molecule has 1 atom stereocenters. The number of ether oxygens (including phenoxy) is 1. The highest BCUT2D eigenvalue weighted by atomic mass is 35.5. The van der Waals surface area contributed by atoms with Crippen LogP contribution in [0, 0.1) is 5.92 Å². The molecule has 0 aromatic carbocycles. The molecule has 0 radical (unpaired) electrons. The normalized spacial score (nSPS) is 21.0. The molecule has 1 N–H and O–H groups in total. The van der Waals surface area contributed by atoms with Crippen molar-refractivity contribution in [3.63, 3.8) is 0 Å². The van der Waals surface area contributed by atoms with Gasteiger partial charge in [0.1, 0.15) is 0 Å². The Morgan fingerprint density at radius 2 is 2.33 bits per heavy atom. The summed E-state index contributed by atoms with van der Waals surface area (Å²) in [5, 5.41) is 9.41. The second kappa shape index (κ2) is 4.42. The molecule has 1 aromatic rings. The lowest BCUT2D eigenvalue weighted by molar-refractivity contribution is -0.0992. The molecular weight excluding hydrogens is 232 g/mol. The van der Waals surface area contributed by atoms with Crippen LogP contribution in [-0.4, -0.2) is 24.9 Å². The van der Waals surface area contributed by atoms with Gasteiger partial charge >= 0.3 is 0 Å². The average molecular weight is 247 g/mol. The number of halogens is 1. The Morgan fingerprint density at radius 3 is 2.67 bits per heavy atom. The molecule has 15 heavy (non-hydrogen) atoms. The minimum Gasteiger partial charge on any atom is -0.396 e. The van der Waals surface area contributed by atoms with Gasteiger partial charge in [0.15, 0.2) is 0 Å². The van der Waals surface area contributed by atoms with Crippen LogP contribution < -0.4 is 0 Å². The molecule has 1 unspecified atom stereocenters. The maximum atomic E-state index is 9.41. The predicted octanol–water partition coefficient (Wildman–Crippen LogP) is 2.69. The van der Waals surface area contributed by atoms with Crippen molar-refractivity contribution >= 4 is 22.9 Å². The lowest BCUT2D eigenvalue weighted by Crippen LogP contribution is -2.52. The number of thiophene rings is 1. The molecule has 0 saturated carbocycles. The van der Waals surface area contributed by atoms with E-state index < -0.39 is 0 Å². The van der Waals surface area contributed by atoms with E-state index in [0.29, 0.717) is 13.2 Å². The summed E-state index contributed by atoms with van der Waals surface area (Å²) >= 11 is 7.56. The van der Waals surface area contributed by atoms with Crippen molar-refractivity contribution in [1.29, 1.82) is 0 Å². The molecule has 1 saturated heterocycles. The fraction of sp³-hybridized carbons (Fsp3) is 0.636. The highest BCUT2D eigenvalue weighted by Gasteiger charge is 2.47. The van der Waals surface area contributed by atoms with E-state index in [0.717, 1.165) is 10.8 Å². The molecule has 1 fully saturated rings. The van der Waals surface area contributed by atoms with E-state index in [2.05, 4.69) is 13.0 Å². The highest BCUT2D eigenvalue weighted by molar-refractivity contribution is 7.16. The van der Waals surface area contributed by atoms with Crippen molar-refractivity contribution in [2.24, 2.45) is 5.92 Å². The van der Waals surface area contributed by atoms with Gasteiger partial charge in [-0.3, -0.25) is 0 Å². The van der Waals surface area contributed by atoms with Crippen LogP contribution >= 0.6 is 22.9 Å². The van der Waals surface area contributed by atoms with Gasteiger partial charge in [0.25, 0.3) is 0 Å². The summed E-state index contributed by atoms with van der Waals surface area (Å²) in [6, 6.07) is 3.99. The van der Waals surface area contributed by atoms with Gasteiger partial charge in [-0.15, -0.1) is 11.3 Å². The van der Waals surface area contributed by atoms with E-state index in [-0.39, 0.29) is 17.9 Å². The maximum absolute atomic E-state index is 9.41. The van der Waals surface area contributed by atoms with Crippen LogP contribution in [-0.2, 0) is 10.2 Å². The Bertz CT molecular complexity index is 329. The first-order valence-electron chi connectivity index (χ1n) is 5.17. The molecule has 4 heteroatoms. The number of hydrogen-bond donors (Lipinski definition) is 1. The minimum atomic E-state index is 0.0152. The van der Waals surface area contributed by atoms with Crippen LogP contribution in [0.5, 0.6) is 0 Å². The summed E-state index contributed by atoms with van der Waals surface area (Å²) in [5.74, 6) is 0.279. The molecule has 84 valence electrons. The largest absolute Gasteiger partial charge is 0.396 e. The Hall–Kier alpha value is -0.0900. The van der Waals surface area contributed by atoms with Gasteiger partial charge in [-0.05, 0) is 18.1 Å². The number of aliphatic hydroxyl groups excluding tert-OH is 1. The molecular formula is C11H15ClO2S. The Balaban J connectivity index is 2.28. The van der Waals surface area contributed by atoms with Gasteiger partial charge in [0.2, 0.25) is 0 Å². The molecule has 1 aliphatic rings. The molecule has 0 spiro atoms. The minimum absolute atomic E-state index is 0.0152. The molecule has 0 amide bonds. The van der Waals surface area contributed by atoms with Crippen LogP contribution in [0.3, 0.4) is 0 Å². The van der Waals surface area contributed by atoms with E-state index >= 15 is 0 Å². The van der Waals surface area contributed by atoms with Crippen molar-refractivity contribution in [1.82, 2.24) is 0 Å². The molecule has 0 bridgehead atoms. The maximum Gasteiger partial charge on any atom is 0.0931 e. The molecule has 0 aliphatic carbocycles. The smallest absolute Gasteiger partial charge is 0.0931 e. The lowest BCUT2D eigenvalue weighted by Gasteiger charge is -2.46. The highest BCUT2D eigenvalue weighted by Crippen LogP contribution is 2.44. The summed E-state index contributed by atoms with van der Waals surface area (Å²) < 4.78 is 6.15. The molecule has 2 rings (SSSR count). The van der Waals surface area contributed by atoms with Crippen LogP contribution in [0.1, 0.15) is 18.2 Å². The Morgan fingerprint density at radius 1 is 1.60 bits per heavy atom. The molecule has 1 aliphatic heterocycles. The van der Waals surface area contributed by atoms with Gasteiger partial charge in [0.05, 0.1) is 23.0 Å². The third-order valence-corrected chi connectivity index (χ3v) is 4.73. The Labute approximate surface area is 98.8 Å². The standard InChI is InChI=1S/C11H15ClO2S/c1-2-8(5-13)11(6-14-7-11)9-3-4-10(12)15-9/h3-4,8,13H,2,5-7H2,1H3. The van der Waals surface area contributed by atoms with Gasteiger partial charge in [-0.1, -0.05) is 24.9 Å². The van der Waals surface area contributed by atoms with Crippen molar-refractivity contribution in [3.05, 3.63) is 21.3 Å². The zero-order valence-electron chi connectivity index (χ0n) is 8.70. The molecule has 2 nitrogen and oxygen atoms in total. The average Bonchev–Trinajstić information content (AvgIpc) is 2.58. The number of aliphatic hydroxyl groups is 1. The molecule has 1 aromatic heterocycles. The topological polar surface area (TPSA) is 29.5 Å². The number of hydrogen-bond acceptors (Lipinski definition) is 3. The molecule has 2 heterocycles. The van der Waals surface area contributed by atoms with Gasteiger partial charge in [0, 0.05) is 11.5 Å². The zero-order valence-corrected chi connectivity index (χ0v) is 10.3. The van der Waals surface area contributed by atoms with Gasteiger partial charge in [-0.2, -0.15) is 0 Å². The van der Waals surface area contributed by atoms with E-state index in [1.165, 1.54) is 4.88 Å². The van der Waals surface area contributed by atoms with Crippen molar-refractivity contribution in [2.75, 3.05) is 19.8 Å². The summed E-state index contributed by atoms with van der Waals surface area (Å²) in [6.45, 7) is 3.75.